The van der Waals surface area contributed by atoms with Crippen molar-refractivity contribution in [2.24, 2.45) is 0 Å². The number of para-hydroxylation sites is 1. The number of anilines is 1. The average molecular weight is 345 g/mol. The summed E-state index contributed by atoms with van der Waals surface area (Å²) in [5.41, 5.74) is 9.76. The van der Waals surface area contributed by atoms with E-state index in [0.29, 0.717) is 19.0 Å². The summed E-state index contributed by atoms with van der Waals surface area (Å²) in [5, 5.41) is 0.894. The van der Waals surface area contributed by atoms with Crippen molar-refractivity contribution in [1.82, 2.24) is 19.5 Å². The molecule has 0 aliphatic rings. The Morgan fingerprint density at radius 2 is 1.92 bits per heavy atom. The maximum Gasteiger partial charge on any atom is 0.235 e. The van der Waals surface area contributed by atoms with Gasteiger partial charge in [0, 0.05) is 29.9 Å². The molecule has 2 aromatic heterocycles. The Kier molecular flexibility index (Phi) is 4.23. The first-order valence-electron chi connectivity index (χ1n) is 8.44. The Morgan fingerprint density at radius 3 is 2.69 bits per heavy atom. The predicted molar refractivity (Wildman–Crippen MR) is 101 cm³/mol. The first-order chi connectivity index (χ1) is 12.7. The van der Waals surface area contributed by atoms with Crippen LogP contribution in [0.1, 0.15) is 11.3 Å². The summed E-state index contributed by atoms with van der Waals surface area (Å²) in [5.74, 6) is 1.41. The number of aryl methyl sites for hydroxylation is 1. The van der Waals surface area contributed by atoms with Crippen LogP contribution >= 0.6 is 0 Å². The second-order valence-electron chi connectivity index (χ2n) is 6.04. The third-order valence-corrected chi connectivity index (χ3v) is 4.27. The van der Waals surface area contributed by atoms with E-state index in [1.54, 1.807) is 17.1 Å². The number of nitrogen functional groups attached to an aromatic ring is 1. The van der Waals surface area contributed by atoms with Crippen molar-refractivity contribution < 1.29 is 4.74 Å². The standard InChI is InChI=1S/C20H19N5O/c1-14-7-8-16-18(19(14)21)17(9-12-26-15-5-3-2-4-6-15)24-20(23-16)25-11-10-22-13-25/h2-8,10-11,13H,9,12,21H2,1H3. The first kappa shape index (κ1) is 16.1. The molecule has 0 spiro atoms. The fourth-order valence-electron chi connectivity index (χ4n) is 2.87. The summed E-state index contributed by atoms with van der Waals surface area (Å²) in [6, 6.07) is 13.7. The van der Waals surface area contributed by atoms with Crippen molar-refractivity contribution in [3.05, 3.63) is 72.4 Å². The first-order valence-corrected chi connectivity index (χ1v) is 8.44. The molecule has 0 bridgehead atoms. The fraction of sp³-hybridized carbons (Fsp3) is 0.150. The molecule has 6 heteroatoms. The zero-order valence-electron chi connectivity index (χ0n) is 14.5. The summed E-state index contributed by atoms with van der Waals surface area (Å²) < 4.78 is 7.63. The lowest BCUT2D eigenvalue weighted by Gasteiger charge is -2.13. The summed E-state index contributed by atoms with van der Waals surface area (Å²) in [6.07, 6.45) is 5.84. The van der Waals surface area contributed by atoms with Gasteiger partial charge in [-0.1, -0.05) is 24.3 Å². The van der Waals surface area contributed by atoms with E-state index in [9.17, 15) is 0 Å². The molecule has 130 valence electrons. The van der Waals surface area contributed by atoms with Gasteiger partial charge in [0.15, 0.2) is 0 Å². The Morgan fingerprint density at radius 1 is 1.08 bits per heavy atom. The molecule has 0 amide bonds. The smallest absolute Gasteiger partial charge is 0.235 e. The molecule has 0 aliphatic carbocycles. The predicted octanol–water partition coefficient (Wildman–Crippen LogP) is 3.33. The van der Waals surface area contributed by atoms with E-state index in [1.807, 2.05) is 55.6 Å². The Bertz CT molecular complexity index is 1030. The minimum Gasteiger partial charge on any atom is -0.493 e. The van der Waals surface area contributed by atoms with Crippen LogP contribution in [0.4, 0.5) is 5.69 Å². The minimum absolute atomic E-state index is 0.507. The van der Waals surface area contributed by atoms with Crippen LogP contribution in [0.25, 0.3) is 16.9 Å². The van der Waals surface area contributed by atoms with Crippen LogP contribution in [-0.4, -0.2) is 26.1 Å². The highest BCUT2D eigenvalue weighted by Crippen LogP contribution is 2.27. The zero-order chi connectivity index (χ0) is 17.9. The number of nitrogens with zero attached hydrogens (tertiary/aromatic N) is 4. The average Bonchev–Trinajstić information content (AvgIpc) is 3.20. The molecular weight excluding hydrogens is 326 g/mol. The van der Waals surface area contributed by atoms with E-state index >= 15 is 0 Å². The molecule has 0 radical (unpaired) electrons. The second kappa shape index (κ2) is 6.84. The number of hydrogen-bond donors (Lipinski definition) is 1. The van der Waals surface area contributed by atoms with Gasteiger partial charge in [0.2, 0.25) is 5.95 Å². The van der Waals surface area contributed by atoms with Gasteiger partial charge in [0.05, 0.1) is 17.8 Å². The van der Waals surface area contributed by atoms with Crippen LogP contribution in [0, 0.1) is 6.92 Å². The molecule has 0 saturated carbocycles. The van der Waals surface area contributed by atoms with E-state index in [1.165, 1.54) is 0 Å². The van der Waals surface area contributed by atoms with Gasteiger partial charge < -0.3 is 10.5 Å². The van der Waals surface area contributed by atoms with Crippen LogP contribution in [0.15, 0.2) is 61.2 Å². The van der Waals surface area contributed by atoms with Crippen LogP contribution in [0.3, 0.4) is 0 Å². The molecule has 26 heavy (non-hydrogen) atoms. The zero-order valence-corrected chi connectivity index (χ0v) is 14.5. The van der Waals surface area contributed by atoms with E-state index < -0.39 is 0 Å². The van der Waals surface area contributed by atoms with Crippen LogP contribution in [0.5, 0.6) is 5.75 Å². The normalized spacial score (nSPS) is 11.0. The Balaban J connectivity index is 1.71. The lowest BCUT2D eigenvalue weighted by atomic mass is 10.1. The highest BCUT2D eigenvalue weighted by molar-refractivity contribution is 5.94. The molecule has 0 saturated heterocycles. The minimum atomic E-state index is 0.507. The molecule has 2 heterocycles. The van der Waals surface area contributed by atoms with Gasteiger partial charge in [-0.05, 0) is 30.7 Å². The van der Waals surface area contributed by atoms with E-state index in [0.717, 1.165) is 33.6 Å². The molecule has 0 fully saturated rings. The number of ether oxygens (including phenoxy) is 1. The largest absolute Gasteiger partial charge is 0.493 e. The quantitative estimate of drug-likeness (QED) is 0.561. The van der Waals surface area contributed by atoms with Crippen molar-refractivity contribution in [3.8, 4) is 11.7 Å². The molecule has 2 N–H and O–H groups in total. The number of hydrogen-bond acceptors (Lipinski definition) is 5. The van der Waals surface area contributed by atoms with Gasteiger partial charge in [-0.2, -0.15) is 0 Å². The summed E-state index contributed by atoms with van der Waals surface area (Å²) >= 11 is 0. The topological polar surface area (TPSA) is 78.8 Å². The lowest BCUT2D eigenvalue weighted by Crippen LogP contribution is -2.09. The fourth-order valence-corrected chi connectivity index (χ4v) is 2.87. The second-order valence-corrected chi connectivity index (χ2v) is 6.04. The van der Waals surface area contributed by atoms with E-state index in [4.69, 9.17) is 15.5 Å². The van der Waals surface area contributed by atoms with Crippen LogP contribution in [0.2, 0.25) is 0 Å². The van der Waals surface area contributed by atoms with Crippen LogP contribution < -0.4 is 10.5 Å². The monoisotopic (exact) mass is 345 g/mol. The molecular formula is C20H19N5O. The summed E-state index contributed by atoms with van der Waals surface area (Å²) in [6.45, 7) is 2.50. The number of aromatic nitrogens is 4. The molecule has 0 unspecified atom stereocenters. The molecule has 0 atom stereocenters. The Labute approximate surface area is 151 Å². The highest BCUT2D eigenvalue weighted by Gasteiger charge is 2.13. The van der Waals surface area contributed by atoms with Gasteiger partial charge >= 0.3 is 0 Å². The SMILES string of the molecule is Cc1ccc2nc(-n3ccnc3)nc(CCOc3ccccc3)c2c1N. The van der Waals surface area contributed by atoms with Gasteiger partial charge in [-0.15, -0.1) is 0 Å². The van der Waals surface area contributed by atoms with Crippen LogP contribution in [-0.2, 0) is 6.42 Å². The third kappa shape index (κ3) is 3.09. The van der Waals surface area contributed by atoms with E-state index in [2.05, 4.69) is 9.97 Å². The maximum absolute atomic E-state index is 6.33. The van der Waals surface area contributed by atoms with Crippen molar-refractivity contribution >= 4 is 16.6 Å². The molecule has 2 aromatic carbocycles. The number of nitrogens with two attached hydrogens (primary N) is 1. The number of benzene rings is 2. The Hall–Kier alpha value is -3.41. The highest BCUT2D eigenvalue weighted by atomic mass is 16.5. The molecule has 0 aliphatic heterocycles. The summed E-state index contributed by atoms with van der Waals surface area (Å²) in [7, 11) is 0. The molecule has 4 rings (SSSR count). The van der Waals surface area contributed by atoms with Gasteiger partial charge in [0.25, 0.3) is 0 Å². The molecule has 6 nitrogen and oxygen atoms in total. The van der Waals surface area contributed by atoms with Crippen molar-refractivity contribution in [1.29, 1.82) is 0 Å². The van der Waals surface area contributed by atoms with E-state index in [-0.39, 0.29) is 0 Å². The van der Waals surface area contributed by atoms with Gasteiger partial charge in [-0.25, -0.2) is 15.0 Å². The van der Waals surface area contributed by atoms with Gasteiger partial charge in [-0.3, -0.25) is 4.57 Å². The number of rotatable bonds is 5. The maximum atomic E-state index is 6.33. The third-order valence-electron chi connectivity index (χ3n) is 4.27. The van der Waals surface area contributed by atoms with Crippen molar-refractivity contribution in [3.63, 3.8) is 0 Å². The van der Waals surface area contributed by atoms with Crippen molar-refractivity contribution in [2.75, 3.05) is 12.3 Å². The summed E-state index contributed by atoms with van der Waals surface area (Å²) in [4.78, 5) is 13.4. The lowest BCUT2D eigenvalue weighted by molar-refractivity contribution is 0.321. The molecule has 4 aromatic rings. The number of fused-ring (bicyclic) bond motifs is 1. The van der Waals surface area contributed by atoms with Crippen molar-refractivity contribution in [2.45, 2.75) is 13.3 Å². The number of imidazole rings is 1. The van der Waals surface area contributed by atoms with Gasteiger partial charge in [0.1, 0.15) is 12.1 Å².